The van der Waals surface area contributed by atoms with Gasteiger partial charge in [-0.25, -0.2) is 4.39 Å². The van der Waals surface area contributed by atoms with E-state index < -0.39 is 0 Å². The average molecular weight is 352 g/mol. The maximum absolute atomic E-state index is 13.8. The summed E-state index contributed by atoms with van der Waals surface area (Å²) < 4.78 is 14.7. The lowest BCUT2D eigenvalue weighted by atomic mass is 9.98. The van der Waals surface area contributed by atoms with Crippen molar-refractivity contribution in [1.29, 1.82) is 0 Å². The zero-order valence-corrected chi connectivity index (χ0v) is 13.4. The lowest BCUT2D eigenvalue weighted by Gasteiger charge is -2.35. The normalized spacial score (nSPS) is 20.1. The lowest BCUT2D eigenvalue weighted by Crippen LogP contribution is -2.40. The summed E-state index contributed by atoms with van der Waals surface area (Å²) in [4.78, 5) is 2.38. The first-order chi connectivity index (χ1) is 8.70. The van der Waals surface area contributed by atoms with Crippen LogP contribution in [-0.4, -0.2) is 24.0 Å². The highest BCUT2D eigenvalue weighted by molar-refractivity contribution is 9.10. The Morgan fingerprint density at radius 1 is 1.37 bits per heavy atom. The molecule has 1 aliphatic rings. The van der Waals surface area contributed by atoms with E-state index in [1.54, 1.807) is 6.07 Å². The minimum absolute atomic E-state index is 0. The molecule has 1 heterocycles. The van der Waals surface area contributed by atoms with E-state index in [2.05, 4.69) is 20.8 Å². The van der Waals surface area contributed by atoms with Gasteiger partial charge in [0.1, 0.15) is 5.82 Å². The highest BCUT2D eigenvalue weighted by Gasteiger charge is 2.22. The molecule has 0 radical (unpaired) electrons. The Morgan fingerprint density at radius 3 is 2.89 bits per heavy atom. The van der Waals surface area contributed by atoms with Crippen molar-refractivity contribution in [1.82, 2.24) is 4.90 Å². The molecule has 0 spiro atoms. The molecule has 0 saturated carbocycles. The fraction of sp³-hybridized carbons (Fsp3) is 0.571. The monoisotopic (exact) mass is 350 g/mol. The zero-order valence-electron chi connectivity index (χ0n) is 10.9. The summed E-state index contributed by atoms with van der Waals surface area (Å²) in [5.74, 6) is -0.115. The quantitative estimate of drug-likeness (QED) is 0.896. The molecule has 2 rings (SSSR count). The largest absolute Gasteiger partial charge is 0.330 e. The molecule has 1 saturated heterocycles. The average Bonchev–Trinajstić information content (AvgIpc) is 2.36. The molecule has 1 aromatic carbocycles. The zero-order chi connectivity index (χ0) is 13.0. The molecule has 0 aliphatic carbocycles. The van der Waals surface area contributed by atoms with E-state index in [-0.39, 0.29) is 18.2 Å². The topological polar surface area (TPSA) is 29.3 Å². The molecular weight excluding hydrogens is 331 g/mol. The van der Waals surface area contributed by atoms with E-state index in [0.717, 1.165) is 23.0 Å². The van der Waals surface area contributed by atoms with Crippen LogP contribution in [0.4, 0.5) is 4.39 Å². The summed E-state index contributed by atoms with van der Waals surface area (Å²) in [5, 5.41) is 0. The molecule has 2 N–H and O–H groups in total. The Hall–Kier alpha value is -0.160. The SMILES string of the molecule is Cl.NCCC1CCCCN1Cc1cc(Br)ccc1F. The summed E-state index contributed by atoms with van der Waals surface area (Å²) >= 11 is 3.40. The molecule has 19 heavy (non-hydrogen) atoms. The number of hydrogen-bond acceptors (Lipinski definition) is 2. The van der Waals surface area contributed by atoms with Gasteiger partial charge in [0.25, 0.3) is 0 Å². The van der Waals surface area contributed by atoms with Crippen molar-refractivity contribution in [3.8, 4) is 0 Å². The van der Waals surface area contributed by atoms with Gasteiger partial charge in [-0.3, -0.25) is 4.90 Å². The fourth-order valence-corrected chi connectivity index (χ4v) is 3.08. The summed E-state index contributed by atoms with van der Waals surface area (Å²) in [6.45, 7) is 2.45. The van der Waals surface area contributed by atoms with Crippen molar-refractivity contribution in [2.45, 2.75) is 38.3 Å². The molecule has 1 aromatic rings. The Balaban J connectivity index is 0.00000180. The highest BCUT2D eigenvalue weighted by atomic mass is 79.9. The molecule has 1 fully saturated rings. The van der Waals surface area contributed by atoms with E-state index in [1.165, 1.54) is 25.3 Å². The third-order valence-corrected chi connectivity index (χ3v) is 4.12. The second-order valence-corrected chi connectivity index (χ2v) is 5.85. The van der Waals surface area contributed by atoms with Gasteiger partial charge in [0.15, 0.2) is 0 Å². The first-order valence-corrected chi connectivity index (χ1v) is 7.38. The molecule has 0 aromatic heterocycles. The molecule has 1 unspecified atom stereocenters. The number of nitrogens with two attached hydrogens (primary N) is 1. The Bertz CT molecular complexity index is 401. The van der Waals surface area contributed by atoms with Gasteiger partial charge in [-0.05, 0) is 50.6 Å². The van der Waals surface area contributed by atoms with Crippen LogP contribution in [-0.2, 0) is 6.54 Å². The van der Waals surface area contributed by atoms with Crippen LogP contribution in [0.2, 0.25) is 0 Å². The smallest absolute Gasteiger partial charge is 0.127 e. The maximum Gasteiger partial charge on any atom is 0.127 e. The molecule has 5 heteroatoms. The van der Waals surface area contributed by atoms with Gasteiger partial charge in [0, 0.05) is 22.6 Å². The third-order valence-electron chi connectivity index (χ3n) is 3.63. The van der Waals surface area contributed by atoms with Crippen molar-refractivity contribution < 1.29 is 4.39 Å². The minimum atomic E-state index is -0.115. The van der Waals surface area contributed by atoms with Gasteiger partial charge in [-0.15, -0.1) is 12.4 Å². The van der Waals surface area contributed by atoms with E-state index in [9.17, 15) is 4.39 Å². The second-order valence-electron chi connectivity index (χ2n) is 4.93. The molecule has 108 valence electrons. The molecule has 1 aliphatic heterocycles. The number of benzene rings is 1. The number of rotatable bonds is 4. The summed E-state index contributed by atoms with van der Waals surface area (Å²) in [7, 11) is 0. The van der Waals surface area contributed by atoms with Gasteiger partial charge in [0.2, 0.25) is 0 Å². The molecule has 0 amide bonds. The summed E-state index contributed by atoms with van der Waals surface area (Å²) in [6.07, 6.45) is 4.67. The number of nitrogens with zero attached hydrogens (tertiary/aromatic N) is 1. The number of likely N-dealkylation sites (tertiary alicyclic amines) is 1. The molecule has 1 atom stereocenters. The maximum atomic E-state index is 13.8. The van der Waals surface area contributed by atoms with Crippen LogP contribution < -0.4 is 5.73 Å². The minimum Gasteiger partial charge on any atom is -0.330 e. The summed E-state index contributed by atoms with van der Waals surface area (Å²) in [6, 6.07) is 5.67. The van der Waals surface area contributed by atoms with Gasteiger partial charge >= 0.3 is 0 Å². The Morgan fingerprint density at radius 2 is 2.16 bits per heavy atom. The van der Waals surface area contributed by atoms with Crippen molar-refractivity contribution in [2.24, 2.45) is 5.73 Å². The van der Waals surface area contributed by atoms with Crippen molar-refractivity contribution >= 4 is 28.3 Å². The van der Waals surface area contributed by atoms with Crippen LogP contribution in [0, 0.1) is 5.82 Å². The van der Waals surface area contributed by atoms with E-state index in [1.807, 2.05) is 6.07 Å². The standard InChI is InChI=1S/C14H20BrFN2.ClH/c15-12-4-5-14(16)11(9-12)10-18-8-2-1-3-13(18)6-7-17;/h4-5,9,13H,1-3,6-8,10,17H2;1H. The second kappa shape index (κ2) is 8.20. The first kappa shape index (κ1) is 16.9. The van der Waals surface area contributed by atoms with Gasteiger partial charge < -0.3 is 5.73 Å². The highest BCUT2D eigenvalue weighted by Crippen LogP contribution is 2.24. The van der Waals surface area contributed by atoms with Gasteiger partial charge in [-0.2, -0.15) is 0 Å². The van der Waals surface area contributed by atoms with E-state index >= 15 is 0 Å². The van der Waals surface area contributed by atoms with Crippen LogP contribution >= 0.6 is 28.3 Å². The van der Waals surface area contributed by atoms with Crippen molar-refractivity contribution in [3.63, 3.8) is 0 Å². The van der Waals surface area contributed by atoms with Crippen molar-refractivity contribution in [2.75, 3.05) is 13.1 Å². The molecular formula is C14H21BrClFN2. The van der Waals surface area contributed by atoms with E-state index in [4.69, 9.17) is 5.73 Å². The van der Waals surface area contributed by atoms with Crippen LogP contribution in [0.25, 0.3) is 0 Å². The van der Waals surface area contributed by atoms with Gasteiger partial charge in [-0.1, -0.05) is 22.4 Å². The van der Waals surface area contributed by atoms with E-state index in [0.29, 0.717) is 19.1 Å². The lowest BCUT2D eigenvalue weighted by molar-refractivity contribution is 0.132. The Labute approximate surface area is 129 Å². The van der Waals surface area contributed by atoms with Crippen LogP contribution in [0.3, 0.4) is 0 Å². The van der Waals surface area contributed by atoms with Crippen LogP contribution in [0.15, 0.2) is 22.7 Å². The van der Waals surface area contributed by atoms with Crippen molar-refractivity contribution in [3.05, 3.63) is 34.1 Å². The van der Waals surface area contributed by atoms with Crippen LogP contribution in [0.1, 0.15) is 31.2 Å². The number of hydrogen-bond donors (Lipinski definition) is 1. The summed E-state index contributed by atoms with van der Waals surface area (Å²) in [5.41, 5.74) is 6.43. The third kappa shape index (κ3) is 4.71. The fourth-order valence-electron chi connectivity index (χ4n) is 2.67. The molecule has 0 bridgehead atoms. The molecule has 2 nitrogen and oxygen atoms in total. The number of halogens is 3. The van der Waals surface area contributed by atoms with Gasteiger partial charge in [0.05, 0.1) is 0 Å². The first-order valence-electron chi connectivity index (χ1n) is 6.58. The predicted octanol–water partition coefficient (Wildman–Crippen LogP) is 3.71. The Kier molecular flexibility index (Phi) is 7.29. The predicted molar refractivity (Wildman–Crippen MR) is 83.1 cm³/mol. The van der Waals surface area contributed by atoms with Crippen LogP contribution in [0.5, 0.6) is 0 Å². The number of piperidine rings is 1.